The molecule has 0 amide bonds. The van der Waals surface area contributed by atoms with Gasteiger partial charge in [0.05, 0.1) is 0 Å². The summed E-state index contributed by atoms with van der Waals surface area (Å²) in [6.07, 6.45) is 0. The molecule has 5 heteroatoms. The van der Waals surface area contributed by atoms with Gasteiger partial charge in [-0.15, -0.1) is 0 Å². The van der Waals surface area contributed by atoms with Crippen molar-refractivity contribution >= 4 is 28.4 Å². The Labute approximate surface area is 78.5 Å². The number of nitriles is 1. The molecular formula is C7H2Cl2N2O. The lowest BCUT2D eigenvalue weighted by Crippen LogP contribution is -1.92. The second kappa shape index (κ2) is 3.53. The second-order valence-electron chi connectivity index (χ2n) is 1.95. The molecule has 0 radical (unpaired) electrons. The minimum absolute atomic E-state index is 0.0755. The number of carbonyl (C=O) groups excluding carboxylic acids is 1. The molecule has 1 heterocycles. The highest BCUT2D eigenvalue weighted by Gasteiger charge is 2.05. The van der Waals surface area contributed by atoms with E-state index in [1.165, 1.54) is 12.1 Å². The molecule has 0 spiro atoms. The number of aromatic nitrogens is 1. The molecule has 0 unspecified atom stereocenters. The fourth-order valence-corrected chi connectivity index (χ4v) is 0.985. The van der Waals surface area contributed by atoms with Gasteiger partial charge in [0, 0.05) is 5.56 Å². The number of nitrogens with zero attached hydrogens (tertiary/aromatic N) is 2. The summed E-state index contributed by atoms with van der Waals surface area (Å²) in [5, 5.41) is 7.87. The smallest absolute Gasteiger partial charge is 0.252 e. The first-order chi connectivity index (χ1) is 5.63. The third-order valence-corrected chi connectivity index (χ3v) is 1.55. The fraction of sp³-hybridized carbons (Fsp3) is 0. The molecule has 0 aliphatic rings. The Bertz CT molecular complexity index is 370. The summed E-state index contributed by atoms with van der Waals surface area (Å²) in [4.78, 5) is 14.3. The predicted octanol–water partition coefficient (Wildman–Crippen LogP) is 1.99. The van der Waals surface area contributed by atoms with Crippen LogP contribution in [0.4, 0.5) is 0 Å². The van der Waals surface area contributed by atoms with E-state index in [0.717, 1.165) is 0 Å². The first-order valence-corrected chi connectivity index (χ1v) is 3.66. The van der Waals surface area contributed by atoms with Crippen molar-refractivity contribution in [1.82, 2.24) is 4.98 Å². The van der Waals surface area contributed by atoms with Crippen molar-refractivity contribution in [3.8, 4) is 6.07 Å². The van der Waals surface area contributed by atoms with Crippen LogP contribution >= 0.6 is 23.2 Å². The lowest BCUT2D eigenvalue weighted by molar-refractivity contribution is 0.108. The van der Waals surface area contributed by atoms with Gasteiger partial charge in [-0.25, -0.2) is 4.98 Å². The van der Waals surface area contributed by atoms with Crippen LogP contribution in [0, 0.1) is 11.3 Å². The minimum atomic E-state index is -0.657. The molecule has 0 fully saturated rings. The maximum absolute atomic E-state index is 10.6. The molecule has 0 N–H and O–H groups in total. The van der Waals surface area contributed by atoms with Crippen molar-refractivity contribution in [3.63, 3.8) is 0 Å². The summed E-state index contributed by atoms with van der Waals surface area (Å²) >= 11 is 10.7. The van der Waals surface area contributed by atoms with Crippen molar-refractivity contribution in [2.45, 2.75) is 0 Å². The van der Waals surface area contributed by atoms with Gasteiger partial charge in [0.1, 0.15) is 16.9 Å². The fourth-order valence-electron chi connectivity index (χ4n) is 0.668. The van der Waals surface area contributed by atoms with Crippen molar-refractivity contribution in [3.05, 3.63) is 28.5 Å². The van der Waals surface area contributed by atoms with E-state index in [4.69, 9.17) is 28.5 Å². The molecule has 3 nitrogen and oxygen atoms in total. The quantitative estimate of drug-likeness (QED) is 0.515. The summed E-state index contributed by atoms with van der Waals surface area (Å²) in [5.41, 5.74) is 0.250. The standard InChI is InChI=1S/C7H2Cl2N2O/c8-6-2-4(7(9)12)1-5(3-10)11-6/h1-2H. The van der Waals surface area contributed by atoms with Gasteiger partial charge in [-0.05, 0) is 23.7 Å². The molecule has 0 bridgehead atoms. The average Bonchev–Trinajstić information content (AvgIpc) is 2.03. The number of hydrogen-bond donors (Lipinski definition) is 0. The van der Waals surface area contributed by atoms with Gasteiger partial charge in [-0.2, -0.15) is 5.26 Å². The van der Waals surface area contributed by atoms with Crippen LogP contribution in [0.15, 0.2) is 12.1 Å². The van der Waals surface area contributed by atoms with Crippen LogP contribution in [0.1, 0.15) is 16.1 Å². The zero-order chi connectivity index (χ0) is 9.14. The summed E-state index contributed by atoms with van der Waals surface area (Å²) < 4.78 is 0. The van der Waals surface area contributed by atoms with Crippen LogP contribution < -0.4 is 0 Å². The Balaban J connectivity index is 3.26. The maximum atomic E-state index is 10.6. The van der Waals surface area contributed by atoms with Crippen molar-refractivity contribution < 1.29 is 4.79 Å². The molecule has 0 saturated heterocycles. The lowest BCUT2D eigenvalue weighted by atomic mass is 10.2. The summed E-state index contributed by atoms with van der Waals surface area (Å²) in [6.45, 7) is 0. The summed E-state index contributed by atoms with van der Waals surface area (Å²) in [7, 11) is 0. The number of carbonyl (C=O) groups is 1. The van der Waals surface area contributed by atoms with Gasteiger partial charge in [0.15, 0.2) is 0 Å². The van der Waals surface area contributed by atoms with Crippen LogP contribution in [0.25, 0.3) is 0 Å². The Morgan fingerprint density at radius 1 is 1.58 bits per heavy atom. The zero-order valence-corrected chi connectivity index (χ0v) is 7.23. The molecule has 0 saturated carbocycles. The number of rotatable bonds is 1. The van der Waals surface area contributed by atoms with Crippen LogP contribution in [0.3, 0.4) is 0 Å². The van der Waals surface area contributed by atoms with Gasteiger partial charge in [-0.3, -0.25) is 4.79 Å². The molecule has 60 valence electrons. The second-order valence-corrected chi connectivity index (χ2v) is 2.68. The molecule has 1 aromatic rings. The topological polar surface area (TPSA) is 53.8 Å². The van der Waals surface area contributed by atoms with E-state index in [2.05, 4.69) is 4.98 Å². The molecule has 1 aromatic heterocycles. The van der Waals surface area contributed by atoms with E-state index in [0.29, 0.717) is 0 Å². The van der Waals surface area contributed by atoms with Gasteiger partial charge >= 0.3 is 0 Å². The Morgan fingerprint density at radius 3 is 2.75 bits per heavy atom. The van der Waals surface area contributed by atoms with E-state index < -0.39 is 5.24 Å². The van der Waals surface area contributed by atoms with Crippen molar-refractivity contribution in [2.24, 2.45) is 0 Å². The Morgan fingerprint density at radius 2 is 2.25 bits per heavy atom. The first-order valence-electron chi connectivity index (χ1n) is 2.91. The predicted molar refractivity (Wildman–Crippen MR) is 44.1 cm³/mol. The zero-order valence-electron chi connectivity index (χ0n) is 5.71. The molecule has 12 heavy (non-hydrogen) atoms. The minimum Gasteiger partial charge on any atom is -0.276 e. The van der Waals surface area contributed by atoms with E-state index >= 15 is 0 Å². The van der Waals surface area contributed by atoms with E-state index in [9.17, 15) is 4.79 Å². The van der Waals surface area contributed by atoms with Gasteiger partial charge < -0.3 is 0 Å². The molecular weight excluding hydrogens is 199 g/mol. The highest BCUT2D eigenvalue weighted by Crippen LogP contribution is 2.12. The maximum Gasteiger partial charge on any atom is 0.252 e. The van der Waals surface area contributed by atoms with Gasteiger partial charge in [0.25, 0.3) is 5.24 Å². The third kappa shape index (κ3) is 1.94. The largest absolute Gasteiger partial charge is 0.276 e. The number of halogens is 2. The Kier molecular flexibility index (Phi) is 2.64. The average molecular weight is 201 g/mol. The highest BCUT2D eigenvalue weighted by molar-refractivity contribution is 6.67. The molecule has 0 aliphatic carbocycles. The summed E-state index contributed by atoms with van der Waals surface area (Å²) in [6, 6.07) is 4.34. The lowest BCUT2D eigenvalue weighted by Gasteiger charge is -1.94. The van der Waals surface area contributed by atoms with Gasteiger partial charge in [-0.1, -0.05) is 11.6 Å². The van der Waals surface area contributed by atoms with Crippen LogP contribution in [-0.4, -0.2) is 10.2 Å². The van der Waals surface area contributed by atoms with Crippen LogP contribution in [0.2, 0.25) is 5.15 Å². The van der Waals surface area contributed by atoms with Crippen molar-refractivity contribution in [1.29, 1.82) is 5.26 Å². The molecule has 1 rings (SSSR count). The van der Waals surface area contributed by atoms with E-state index in [1.54, 1.807) is 6.07 Å². The molecule has 0 atom stereocenters. The normalized spacial score (nSPS) is 9.08. The molecule has 0 aromatic carbocycles. The van der Waals surface area contributed by atoms with Crippen molar-refractivity contribution in [2.75, 3.05) is 0 Å². The number of hydrogen-bond acceptors (Lipinski definition) is 3. The Hall–Kier alpha value is -1.11. The van der Waals surface area contributed by atoms with E-state index in [-0.39, 0.29) is 16.4 Å². The molecule has 0 aliphatic heterocycles. The number of pyridine rings is 1. The first kappa shape index (κ1) is 8.98. The van der Waals surface area contributed by atoms with Crippen LogP contribution in [-0.2, 0) is 0 Å². The van der Waals surface area contributed by atoms with Crippen LogP contribution in [0.5, 0.6) is 0 Å². The SMILES string of the molecule is N#Cc1cc(C(=O)Cl)cc(Cl)n1. The van der Waals surface area contributed by atoms with Gasteiger partial charge in [0.2, 0.25) is 0 Å². The summed E-state index contributed by atoms with van der Waals surface area (Å²) in [5.74, 6) is 0. The van der Waals surface area contributed by atoms with E-state index in [1.807, 2.05) is 0 Å². The monoisotopic (exact) mass is 200 g/mol. The third-order valence-electron chi connectivity index (χ3n) is 1.14. The highest BCUT2D eigenvalue weighted by atomic mass is 35.5.